The van der Waals surface area contributed by atoms with Gasteiger partial charge in [-0.2, -0.15) is 5.10 Å². The van der Waals surface area contributed by atoms with Crippen LogP contribution < -0.4 is 4.72 Å². The molecule has 0 saturated carbocycles. The smallest absolute Gasteiger partial charge is 0.262 e. The molecule has 0 aliphatic carbocycles. The normalized spacial score (nSPS) is 11.6. The molecule has 8 heteroatoms. The number of anilines is 1. The summed E-state index contributed by atoms with van der Waals surface area (Å²) >= 11 is 12.1. The van der Waals surface area contributed by atoms with Crippen molar-refractivity contribution in [2.24, 2.45) is 0 Å². The van der Waals surface area contributed by atoms with Gasteiger partial charge in [-0.15, -0.1) is 0 Å². The van der Waals surface area contributed by atoms with E-state index in [0.29, 0.717) is 33.5 Å². The van der Waals surface area contributed by atoms with Crippen molar-refractivity contribution in [1.29, 1.82) is 0 Å². The molecule has 148 valence electrons. The minimum Gasteiger partial charge on any atom is -0.276 e. The molecule has 0 amide bonds. The van der Waals surface area contributed by atoms with Crippen LogP contribution in [-0.4, -0.2) is 18.2 Å². The number of nitrogens with one attached hydrogen (secondary N) is 1. The second kappa shape index (κ2) is 7.78. The molecule has 1 N–H and O–H groups in total. The van der Waals surface area contributed by atoms with E-state index >= 15 is 0 Å². The van der Waals surface area contributed by atoms with Crippen molar-refractivity contribution in [1.82, 2.24) is 9.78 Å². The number of benzene rings is 2. The van der Waals surface area contributed by atoms with Crippen molar-refractivity contribution in [2.45, 2.75) is 39.1 Å². The van der Waals surface area contributed by atoms with Crippen LogP contribution in [0.1, 0.15) is 28.1 Å². The highest BCUT2D eigenvalue weighted by atomic mass is 35.5. The molecule has 0 aliphatic heterocycles. The lowest BCUT2D eigenvalue weighted by Gasteiger charge is -2.12. The number of hydrogen-bond donors (Lipinski definition) is 1. The monoisotopic (exact) mass is 437 g/mol. The van der Waals surface area contributed by atoms with Crippen LogP contribution in [-0.2, 0) is 16.6 Å². The van der Waals surface area contributed by atoms with E-state index in [-0.39, 0.29) is 4.90 Å². The molecule has 2 aromatic carbocycles. The van der Waals surface area contributed by atoms with Crippen molar-refractivity contribution in [2.75, 3.05) is 4.72 Å². The first-order valence-corrected chi connectivity index (χ1v) is 10.9. The lowest BCUT2D eigenvalue weighted by atomic mass is 10.2. The predicted octanol–water partition coefficient (Wildman–Crippen LogP) is 5.27. The van der Waals surface area contributed by atoms with Crippen molar-refractivity contribution >= 4 is 38.9 Å². The fourth-order valence-corrected chi connectivity index (χ4v) is 4.82. The summed E-state index contributed by atoms with van der Waals surface area (Å²) in [6.45, 7) is 7.78. The standard InChI is InChI=1S/C20H21Cl2N3O2S/c1-12-5-8-19(13(2)9-12)28(26,27)24-20-14(3)23-25(15(20)4)11-16-6-7-17(21)18(22)10-16/h5-10,24H,11H2,1-4H3. The van der Waals surface area contributed by atoms with Crippen molar-refractivity contribution in [3.8, 4) is 0 Å². The van der Waals surface area contributed by atoms with E-state index in [0.717, 1.165) is 16.8 Å². The highest BCUT2D eigenvalue weighted by Gasteiger charge is 2.21. The number of rotatable bonds is 5. The van der Waals surface area contributed by atoms with Gasteiger partial charge < -0.3 is 0 Å². The van der Waals surface area contributed by atoms with Gasteiger partial charge in [-0.25, -0.2) is 8.42 Å². The molecular formula is C20H21Cl2N3O2S. The quantitative estimate of drug-likeness (QED) is 0.590. The molecule has 1 heterocycles. The minimum atomic E-state index is -3.72. The van der Waals surface area contributed by atoms with Crippen LogP contribution in [0.2, 0.25) is 10.0 Å². The van der Waals surface area contributed by atoms with Crippen LogP contribution >= 0.6 is 23.2 Å². The van der Waals surface area contributed by atoms with Crippen LogP contribution in [0.3, 0.4) is 0 Å². The summed E-state index contributed by atoms with van der Waals surface area (Å²) in [5.74, 6) is 0. The third kappa shape index (κ3) is 4.19. The Labute approximate surface area is 175 Å². The summed E-state index contributed by atoms with van der Waals surface area (Å²) in [5, 5.41) is 5.44. The van der Waals surface area contributed by atoms with Crippen molar-refractivity contribution in [3.63, 3.8) is 0 Å². The number of aromatic nitrogens is 2. The Morgan fingerprint density at radius 1 is 1.00 bits per heavy atom. The molecule has 1 aromatic heterocycles. The van der Waals surface area contributed by atoms with Gasteiger partial charge in [0.05, 0.1) is 38.6 Å². The van der Waals surface area contributed by atoms with E-state index in [1.165, 1.54) is 0 Å². The first-order valence-electron chi connectivity index (χ1n) is 8.66. The Hall–Kier alpha value is -2.02. The zero-order valence-electron chi connectivity index (χ0n) is 16.0. The van der Waals surface area contributed by atoms with Crippen molar-refractivity contribution < 1.29 is 8.42 Å². The van der Waals surface area contributed by atoms with Crippen LogP contribution in [0.25, 0.3) is 0 Å². The molecule has 0 unspecified atom stereocenters. The van der Waals surface area contributed by atoms with Crippen LogP contribution in [0.5, 0.6) is 0 Å². The lowest BCUT2D eigenvalue weighted by Crippen LogP contribution is -2.15. The maximum absolute atomic E-state index is 12.9. The number of sulfonamides is 1. The van der Waals surface area contributed by atoms with Gasteiger partial charge >= 0.3 is 0 Å². The molecule has 0 saturated heterocycles. The molecule has 5 nitrogen and oxygen atoms in total. The Morgan fingerprint density at radius 2 is 1.71 bits per heavy atom. The summed E-state index contributed by atoms with van der Waals surface area (Å²) in [7, 11) is -3.72. The summed E-state index contributed by atoms with van der Waals surface area (Å²) in [5.41, 5.74) is 4.44. The Bertz CT molecular complexity index is 1150. The Kier molecular flexibility index (Phi) is 5.75. The average molecular weight is 438 g/mol. The molecule has 0 atom stereocenters. The van der Waals surface area contributed by atoms with Gasteiger partial charge in [-0.05, 0) is 57.0 Å². The molecule has 28 heavy (non-hydrogen) atoms. The Morgan fingerprint density at radius 3 is 2.36 bits per heavy atom. The van der Waals surface area contributed by atoms with Gasteiger partial charge in [0.15, 0.2) is 0 Å². The van der Waals surface area contributed by atoms with E-state index < -0.39 is 10.0 Å². The minimum absolute atomic E-state index is 0.258. The fraction of sp³-hybridized carbons (Fsp3) is 0.250. The number of halogens is 2. The number of nitrogens with zero attached hydrogens (tertiary/aromatic N) is 2. The number of hydrogen-bond acceptors (Lipinski definition) is 3. The second-order valence-corrected chi connectivity index (χ2v) is 9.29. The largest absolute Gasteiger partial charge is 0.276 e. The highest BCUT2D eigenvalue weighted by Crippen LogP contribution is 2.27. The van der Waals surface area contributed by atoms with Gasteiger partial charge in [0.2, 0.25) is 0 Å². The highest BCUT2D eigenvalue weighted by molar-refractivity contribution is 7.92. The van der Waals surface area contributed by atoms with E-state index in [9.17, 15) is 8.42 Å². The van der Waals surface area contributed by atoms with Crippen molar-refractivity contribution in [3.05, 3.63) is 74.5 Å². The fourth-order valence-electron chi connectivity index (χ4n) is 3.10. The van der Waals surface area contributed by atoms with Gasteiger partial charge in [-0.3, -0.25) is 9.40 Å². The van der Waals surface area contributed by atoms with Gasteiger partial charge in [0, 0.05) is 0 Å². The Balaban J connectivity index is 1.92. The SMILES string of the molecule is Cc1ccc(S(=O)(=O)Nc2c(C)nn(Cc3ccc(Cl)c(Cl)c3)c2C)c(C)c1. The summed E-state index contributed by atoms with van der Waals surface area (Å²) in [6, 6.07) is 10.6. The van der Waals surface area contributed by atoms with E-state index in [1.807, 2.05) is 26.0 Å². The maximum atomic E-state index is 12.9. The van der Waals surface area contributed by atoms with Crippen LogP contribution in [0, 0.1) is 27.7 Å². The number of aryl methyl sites for hydroxylation is 3. The van der Waals surface area contributed by atoms with E-state index in [1.54, 1.807) is 42.8 Å². The molecule has 0 bridgehead atoms. The maximum Gasteiger partial charge on any atom is 0.262 e. The molecular weight excluding hydrogens is 417 g/mol. The summed E-state index contributed by atoms with van der Waals surface area (Å²) in [6.07, 6.45) is 0. The van der Waals surface area contributed by atoms with Crippen LogP contribution in [0.4, 0.5) is 5.69 Å². The van der Waals surface area contributed by atoms with E-state index in [4.69, 9.17) is 23.2 Å². The molecule has 0 fully saturated rings. The lowest BCUT2D eigenvalue weighted by molar-refractivity contribution is 0.600. The van der Waals surface area contributed by atoms with Crippen LogP contribution in [0.15, 0.2) is 41.3 Å². The average Bonchev–Trinajstić information content (AvgIpc) is 2.85. The zero-order valence-corrected chi connectivity index (χ0v) is 18.4. The predicted molar refractivity (Wildman–Crippen MR) is 114 cm³/mol. The molecule has 0 spiro atoms. The topological polar surface area (TPSA) is 64.0 Å². The third-order valence-corrected chi connectivity index (χ3v) is 6.80. The van der Waals surface area contributed by atoms with Gasteiger partial charge in [-0.1, -0.05) is 47.0 Å². The van der Waals surface area contributed by atoms with E-state index in [2.05, 4.69) is 9.82 Å². The van der Waals surface area contributed by atoms with Gasteiger partial charge in [0.25, 0.3) is 10.0 Å². The zero-order chi connectivity index (χ0) is 20.6. The molecule has 3 aromatic rings. The third-order valence-electron chi connectivity index (χ3n) is 4.55. The summed E-state index contributed by atoms with van der Waals surface area (Å²) < 4.78 is 30.3. The van der Waals surface area contributed by atoms with Gasteiger partial charge in [0.1, 0.15) is 0 Å². The first-order chi connectivity index (χ1) is 13.1. The molecule has 3 rings (SSSR count). The summed E-state index contributed by atoms with van der Waals surface area (Å²) in [4.78, 5) is 0.258. The molecule has 0 aliphatic rings. The first kappa shape index (κ1) is 20.7. The second-order valence-electron chi connectivity index (χ2n) is 6.83. The molecule has 0 radical (unpaired) electrons.